The van der Waals surface area contributed by atoms with Crippen molar-refractivity contribution >= 4 is 17.5 Å². The Balaban J connectivity index is 2.51. The summed E-state index contributed by atoms with van der Waals surface area (Å²) in [4.78, 5) is 23.6. The molecule has 0 atom stereocenters. The highest BCUT2D eigenvalue weighted by molar-refractivity contribution is 6.28. The number of imide groups is 1. The smallest absolute Gasteiger partial charge is 0.258 e. The maximum absolute atomic E-state index is 13.2. The Morgan fingerprint density at radius 3 is 2.33 bits per heavy atom. The van der Waals surface area contributed by atoms with Gasteiger partial charge in [-0.15, -0.1) is 0 Å². The monoisotopic (exact) mass is 205 g/mol. The molecular formula is C11H8FNO2. The molecule has 1 aromatic rings. The Hall–Kier alpha value is -1.97. The Morgan fingerprint density at radius 1 is 1.13 bits per heavy atom. The third-order valence-corrected chi connectivity index (χ3v) is 2.29. The first-order valence-electron chi connectivity index (χ1n) is 4.42. The molecule has 0 aliphatic carbocycles. The van der Waals surface area contributed by atoms with Crippen LogP contribution in [0.2, 0.25) is 0 Å². The van der Waals surface area contributed by atoms with Crippen molar-refractivity contribution in [3.8, 4) is 0 Å². The van der Waals surface area contributed by atoms with E-state index in [1.807, 2.05) is 0 Å². The Bertz CT molecular complexity index is 461. The molecule has 0 saturated carbocycles. The van der Waals surface area contributed by atoms with Gasteiger partial charge in [0.1, 0.15) is 5.82 Å². The van der Waals surface area contributed by atoms with Gasteiger partial charge in [0.05, 0.1) is 5.69 Å². The normalized spacial score (nSPS) is 15.2. The number of nitrogens with zero attached hydrogens (tertiary/aromatic N) is 1. The van der Waals surface area contributed by atoms with Crippen molar-refractivity contribution in [1.29, 1.82) is 0 Å². The van der Waals surface area contributed by atoms with E-state index in [2.05, 4.69) is 0 Å². The topological polar surface area (TPSA) is 37.4 Å². The predicted molar refractivity (Wildman–Crippen MR) is 52.8 cm³/mol. The molecule has 0 radical (unpaired) electrons. The molecule has 1 aliphatic heterocycles. The largest absolute Gasteiger partial charge is 0.269 e. The van der Waals surface area contributed by atoms with E-state index in [-0.39, 0.29) is 0 Å². The summed E-state index contributed by atoms with van der Waals surface area (Å²) < 4.78 is 13.2. The van der Waals surface area contributed by atoms with Gasteiger partial charge >= 0.3 is 0 Å². The van der Waals surface area contributed by atoms with Gasteiger partial charge in [-0.25, -0.2) is 9.29 Å². The fourth-order valence-electron chi connectivity index (χ4n) is 1.48. The maximum Gasteiger partial charge on any atom is 0.258 e. The zero-order valence-corrected chi connectivity index (χ0v) is 8.03. The molecule has 1 heterocycles. The third kappa shape index (κ3) is 1.44. The molecule has 0 fully saturated rings. The van der Waals surface area contributed by atoms with Crippen molar-refractivity contribution in [2.45, 2.75) is 6.92 Å². The van der Waals surface area contributed by atoms with E-state index in [0.29, 0.717) is 11.3 Å². The van der Waals surface area contributed by atoms with Crippen LogP contribution < -0.4 is 4.90 Å². The lowest BCUT2D eigenvalue weighted by Gasteiger charge is -2.16. The zero-order chi connectivity index (χ0) is 11.0. The van der Waals surface area contributed by atoms with Gasteiger partial charge in [0, 0.05) is 17.7 Å². The second-order valence-electron chi connectivity index (χ2n) is 3.23. The van der Waals surface area contributed by atoms with E-state index < -0.39 is 17.6 Å². The van der Waals surface area contributed by atoms with Crippen molar-refractivity contribution in [2.24, 2.45) is 0 Å². The summed E-state index contributed by atoms with van der Waals surface area (Å²) in [5.41, 5.74) is 0.595. The number of amides is 2. The third-order valence-electron chi connectivity index (χ3n) is 2.29. The highest BCUT2D eigenvalue weighted by Crippen LogP contribution is 2.24. The molecule has 2 rings (SSSR count). The van der Waals surface area contributed by atoms with Crippen molar-refractivity contribution in [2.75, 3.05) is 4.90 Å². The molecule has 1 aliphatic rings. The van der Waals surface area contributed by atoms with Crippen LogP contribution in [0, 0.1) is 12.7 Å². The molecule has 4 heteroatoms. The summed E-state index contributed by atoms with van der Waals surface area (Å²) >= 11 is 0. The average Bonchev–Trinajstić information content (AvgIpc) is 2.52. The average molecular weight is 205 g/mol. The molecular weight excluding hydrogens is 197 g/mol. The van der Waals surface area contributed by atoms with Crippen LogP contribution in [0.3, 0.4) is 0 Å². The van der Waals surface area contributed by atoms with Gasteiger partial charge < -0.3 is 0 Å². The lowest BCUT2D eigenvalue weighted by atomic mass is 10.1. The van der Waals surface area contributed by atoms with E-state index in [0.717, 1.165) is 4.90 Å². The lowest BCUT2D eigenvalue weighted by molar-refractivity contribution is -0.119. The Labute approximate surface area is 85.8 Å². The minimum atomic E-state index is -0.436. The van der Waals surface area contributed by atoms with Crippen molar-refractivity contribution < 1.29 is 14.0 Å². The molecule has 76 valence electrons. The molecule has 0 aromatic heterocycles. The van der Waals surface area contributed by atoms with Gasteiger partial charge in [0.25, 0.3) is 11.8 Å². The quantitative estimate of drug-likeness (QED) is 0.652. The summed E-state index contributed by atoms with van der Waals surface area (Å²) in [7, 11) is 0. The minimum Gasteiger partial charge on any atom is -0.269 e. The molecule has 0 bridgehead atoms. The van der Waals surface area contributed by atoms with Crippen LogP contribution in [0.4, 0.5) is 10.1 Å². The summed E-state index contributed by atoms with van der Waals surface area (Å²) in [6.07, 6.45) is 2.35. The summed E-state index contributed by atoms with van der Waals surface area (Å²) in [6.45, 7) is 1.53. The van der Waals surface area contributed by atoms with Crippen molar-refractivity contribution in [1.82, 2.24) is 0 Å². The van der Waals surface area contributed by atoms with Gasteiger partial charge in [0.2, 0.25) is 0 Å². The lowest BCUT2D eigenvalue weighted by Crippen LogP contribution is -2.30. The number of benzene rings is 1. The summed E-state index contributed by atoms with van der Waals surface area (Å²) in [6, 6.07) is 4.30. The second kappa shape index (κ2) is 3.31. The van der Waals surface area contributed by atoms with Gasteiger partial charge in [-0.1, -0.05) is 6.07 Å². The van der Waals surface area contributed by atoms with Crippen molar-refractivity contribution in [3.63, 3.8) is 0 Å². The molecule has 1 aromatic carbocycles. The van der Waals surface area contributed by atoms with Gasteiger partial charge in [-0.05, 0) is 19.1 Å². The fourth-order valence-corrected chi connectivity index (χ4v) is 1.48. The SMILES string of the molecule is Cc1c(F)cccc1N1C(=O)C=CC1=O. The summed E-state index contributed by atoms with van der Waals surface area (Å²) in [5, 5.41) is 0. The van der Waals surface area contributed by atoms with Gasteiger partial charge in [-0.2, -0.15) is 0 Å². The van der Waals surface area contributed by atoms with Crippen LogP contribution >= 0.6 is 0 Å². The molecule has 3 nitrogen and oxygen atoms in total. The first-order valence-corrected chi connectivity index (χ1v) is 4.42. The minimum absolute atomic E-state index is 0.294. The molecule has 15 heavy (non-hydrogen) atoms. The van der Waals surface area contributed by atoms with Crippen molar-refractivity contribution in [3.05, 3.63) is 41.7 Å². The van der Waals surface area contributed by atoms with Gasteiger partial charge in [0.15, 0.2) is 0 Å². The Kier molecular flexibility index (Phi) is 2.11. The van der Waals surface area contributed by atoms with E-state index in [4.69, 9.17) is 0 Å². The number of hydrogen-bond acceptors (Lipinski definition) is 2. The number of rotatable bonds is 1. The highest BCUT2D eigenvalue weighted by Gasteiger charge is 2.26. The van der Waals surface area contributed by atoms with Gasteiger partial charge in [-0.3, -0.25) is 9.59 Å². The van der Waals surface area contributed by atoms with E-state index in [1.165, 1.54) is 31.2 Å². The van der Waals surface area contributed by atoms with Crippen LogP contribution in [0.1, 0.15) is 5.56 Å². The van der Waals surface area contributed by atoms with E-state index in [1.54, 1.807) is 6.07 Å². The summed E-state index contributed by atoms with van der Waals surface area (Å²) in [5.74, 6) is -1.30. The van der Waals surface area contributed by atoms with Crippen LogP contribution in [0.5, 0.6) is 0 Å². The number of anilines is 1. The van der Waals surface area contributed by atoms with Crippen LogP contribution in [0.25, 0.3) is 0 Å². The standard InChI is InChI=1S/C11H8FNO2/c1-7-8(12)3-2-4-9(7)13-10(14)5-6-11(13)15/h2-6H,1H3. The molecule has 0 unspecified atom stereocenters. The van der Waals surface area contributed by atoms with E-state index >= 15 is 0 Å². The number of hydrogen-bond donors (Lipinski definition) is 0. The van der Waals surface area contributed by atoms with Crippen LogP contribution in [-0.2, 0) is 9.59 Å². The predicted octanol–water partition coefficient (Wildman–Crippen LogP) is 1.56. The Morgan fingerprint density at radius 2 is 1.73 bits per heavy atom. The second-order valence-corrected chi connectivity index (χ2v) is 3.23. The highest BCUT2D eigenvalue weighted by atomic mass is 19.1. The molecule has 2 amide bonds. The van der Waals surface area contributed by atoms with Crippen LogP contribution in [0.15, 0.2) is 30.4 Å². The fraction of sp³-hybridized carbons (Fsp3) is 0.0909. The first-order chi connectivity index (χ1) is 7.11. The molecule has 0 spiro atoms. The molecule has 0 saturated heterocycles. The maximum atomic E-state index is 13.2. The van der Waals surface area contributed by atoms with E-state index in [9.17, 15) is 14.0 Å². The zero-order valence-electron chi connectivity index (χ0n) is 8.03. The molecule has 0 N–H and O–H groups in total. The number of carbonyl (C=O) groups excluding carboxylic acids is 2. The first kappa shape index (κ1) is 9.58. The number of halogens is 1. The number of carbonyl (C=O) groups is 2. The van der Waals surface area contributed by atoms with Crippen LogP contribution in [-0.4, -0.2) is 11.8 Å².